The van der Waals surface area contributed by atoms with Gasteiger partial charge in [0, 0.05) is 41.7 Å². The van der Waals surface area contributed by atoms with Crippen LogP contribution < -0.4 is 0 Å². The summed E-state index contributed by atoms with van der Waals surface area (Å²) in [6, 6.07) is 17.5. The first-order valence-corrected chi connectivity index (χ1v) is 11.3. The molecule has 0 spiro atoms. The highest BCUT2D eigenvalue weighted by molar-refractivity contribution is 5.97. The Hall–Kier alpha value is -3.01. The fraction of sp³-hybridized carbons (Fsp3) is 0.370. The Balaban J connectivity index is 1.37. The highest BCUT2D eigenvalue weighted by Crippen LogP contribution is 2.30. The van der Waals surface area contributed by atoms with Gasteiger partial charge in [-0.15, -0.1) is 0 Å². The summed E-state index contributed by atoms with van der Waals surface area (Å²) >= 11 is 0. The summed E-state index contributed by atoms with van der Waals surface area (Å²) in [7, 11) is 8.37. The van der Waals surface area contributed by atoms with Gasteiger partial charge in [0.1, 0.15) is 40.7 Å². The second-order valence-electron chi connectivity index (χ2n) is 8.99. The minimum Gasteiger partial charge on any atom is -0.347 e. The number of unbranched alkanes of at least 4 members (excludes halogenated alkanes) is 2. The minimum atomic E-state index is 0.379. The van der Waals surface area contributed by atoms with Gasteiger partial charge in [0.05, 0.1) is 5.56 Å². The van der Waals surface area contributed by atoms with E-state index in [4.69, 9.17) is 0 Å². The first-order chi connectivity index (χ1) is 15.0. The fourth-order valence-corrected chi connectivity index (χ4v) is 4.60. The van der Waals surface area contributed by atoms with Crippen molar-refractivity contribution in [2.24, 2.45) is 0 Å². The van der Waals surface area contributed by atoms with Crippen molar-refractivity contribution >= 4 is 35.2 Å². The first-order valence-electron chi connectivity index (χ1n) is 11.3. The predicted octanol–water partition coefficient (Wildman–Crippen LogP) is 4.36. The molecule has 2 heterocycles. The molecule has 0 radical (unpaired) electrons. The van der Waals surface area contributed by atoms with Crippen LogP contribution in [0.15, 0.2) is 54.7 Å². The number of para-hydroxylation sites is 2. The van der Waals surface area contributed by atoms with E-state index < -0.39 is 0 Å². The molecule has 0 bridgehead atoms. The lowest BCUT2D eigenvalue weighted by Crippen LogP contribution is -2.10. The standard InChI is InChI=1S/C27H35N4/c1-28(2)18-22-20-30(26-14-8-6-12-24(22)26)16-10-5-11-17-31-21-23(19-29(3)4)25-13-7-9-15-27(25)31/h6-9,12-15,18-22H,5,10-11,16-17H2,1-4H3/q+3. The Bertz CT molecular complexity index is 1150. The molecule has 1 aliphatic rings. The van der Waals surface area contributed by atoms with E-state index in [-0.39, 0.29) is 0 Å². The molecule has 1 aliphatic heterocycles. The minimum absolute atomic E-state index is 0.379. The maximum absolute atomic E-state index is 2.45. The predicted molar refractivity (Wildman–Crippen MR) is 131 cm³/mol. The molecule has 1 aromatic heterocycles. The Morgan fingerprint density at radius 2 is 1.68 bits per heavy atom. The molecule has 0 aliphatic carbocycles. The number of hydrogen-bond donors (Lipinski definition) is 0. The smallest absolute Gasteiger partial charge is 0.209 e. The summed E-state index contributed by atoms with van der Waals surface area (Å²) in [5, 5.41) is 1.34. The van der Waals surface area contributed by atoms with Gasteiger partial charge in [0.2, 0.25) is 5.69 Å². The number of fused-ring (bicyclic) bond motifs is 2. The van der Waals surface area contributed by atoms with Crippen LogP contribution in [0.1, 0.15) is 36.3 Å². The van der Waals surface area contributed by atoms with Crippen molar-refractivity contribution in [2.75, 3.05) is 34.7 Å². The molecular weight excluding hydrogens is 380 g/mol. The average molecular weight is 416 g/mol. The van der Waals surface area contributed by atoms with Crippen LogP contribution in [0, 0.1) is 0 Å². The molecular formula is C27H35N4+3. The van der Waals surface area contributed by atoms with Gasteiger partial charge >= 0.3 is 0 Å². The maximum Gasteiger partial charge on any atom is 0.209 e. The van der Waals surface area contributed by atoms with Crippen molar-refractivity contribution < 1.29 is 13.7 Å². The van der Waals surface area contributed by atoms with E-state index in [9.17, 15) is 0 Å². The lowest BCUT2D eigenvalue weighted by molar-refractivity contribution is -0.460. The van der Waals surface area contributed by atoms with Crippen LogP contribution in [-0.4, -0.2) is 71.7 Å². The summed E-state index contributed by atoms with van der Waals surface area (Å²) in [6.07, 6.45) is 12.8. The molecule has 4 rings (SSSR count). The number of rotatable bonds is 8. The Morgan fingerprint density at radius 3 is 2.48 bits per heavy atom. The molecule has 31 heavy (non-hydrogen) atoms. The molecule has 0 saturated heterocycles. The van der Waals surface area contributed by atoms with Crippen LogP contribution in [-0.2, 0) is 6.54 Å². The number of nitrogens with zero attached hydrogens (tertiary/aromatic N) is 4. The first kappa shape index (κ1) is 21.2. The maximum atomic E-state index is 2.45. The van der Waals surface area contributed by atoms with E-state index in [2.05, 4.69) is 120 Å². The third-order valence-electron chi connectivity index (χ3n) is 5.92. The molecule has 2 aromatic carbocycles. The van der Waals surface area contributed by atoms with Crippen molar-refractivity contribution in [3.8, 4) is 0 Å². The van der Waals surface area contributed by atoms with E-state index in [0.717, 1.165) is 13.1 Å². The fourth-order valence-electron chi connectivity index (χ4n) is 4.60. The van der Waals surface area contributed by atoms with E-state index in [1.54, 1.807) is 0 Å². The van der Waals surface area contributed by atoms with Gasteiger partial charge in [-0.3, -0.25) is 0 Å². The summed E-state index contributed by atoms with van der Waals surface area (Å²) in [5.74, 6) is 0.379. The van der Waals surface area contributed by atoms with Crippen LogP contribution in [0.3, 0.4) is 0 Å². The number of hydrogen-bond acceptors (Lipinski definition) is 0. The van der Waals surface area contributed by atoms with E-state index in [1.807, 2.05) is 0 Å². The van der Waals surface area contributed by atoms with Crippen LogP contribution in [0.2, 0.25) is 0 Å². The number of aromatic nitrogens is 1. The highest BCUT2D eigenvalue weighted by Gasteiger charge is 2.30. The summed E-state index contributed by atoms with van der Waals surface area (Å²) in [5.41, 5.74) is 5.41. The Kier molecular flexibility index (Phi) is 6.45. The molecule has 160 valence electrons. The van der Waals surface area contributed by atoms with Gasteiger partial charge in [0.15, 0.2) is 18.6 Å². The molecule has 1 unspecified atom stereocenters. The van der Waals surface area contributed by atoms with Gasteiger partial charge in [0.25, 0.3) is 0 Å². The van der Waals surface area contributed by atoms with Crippen LogP contribution in [0.5, 0.6) is 0 Å². The van der Waals surface area contributed by atoms with Crippen molar-refractivity contribution in [3.05, 3.63) is 65.9 Å². The summed E-state index contributed by atoms with van der Waals surface area (Å²) in [6.45, 7) is 2.15. The summed E-state index contributed by atoms with van der Waals surface area (Å²) in [4.78, 5) is 0. The van der Waals surface area contributed by atoms with Gasteiger partial charge in [-0.05, 0) is 18.9 Å². The SMILES string of the molecule is C[N+](C)=Cc1cn(CCCCC[N+]2=CC(C=[N+](C)C)c3ccccc32)c2ccccc12. The van der Waals surface area contributed by atoms with Gasteiger partial charge < -0.3 is 4.57 Å². The van der Waals surface area contributed by atoms with E-state index in [1.165, 1.54) is 47.0 Å². The lowest BCUT2D eigenvalue weighted by atomic mass is 10.0. The van der Waals surface area contributed by atoms with Crippen LogP contribution in [0.25, 0.3) is 10.9 Å². The van der Waals surface area contributed by atoms with E-state index >= 15 is 0 Å². The Labute approximate surface area is 186 Å². The van der Waals surface area contributed by atoms with Gasteiger partial charge in [-0.1, -0.05) is 36.4 Å². The molecule has 4 heteroatoms. The molecule has 0 amide bonds. The second kappa shape index (κ2) is 9.42. The topological polar surface area (TPSA) is 14.0 Å². The van der Waals surface area contributed by atoms with Crippen molar-refractivity contribution in [1.29, 1.82) is 0 Å². The van der Waals surface area contributed by atoms with Crippen molar-refractivity contribution in [2.45, 2.75) is 31.7 Å². The zero-order valence-corrected chi connectivity index (χ0v) is 19.3. The third kappa shape index (κ3) is 4.84. The third-order valence-corrected chi connectivity index (χ3v) is 5.92. The van der Waals surface area contributed by atoms with Crippen molar-refractivity contribution in [1.82, 2.24) is 4.57 Å². The van der Waals surface area contributed by atoms with Gasteiger partial charge in [-0.2, -0.15) is 0 Å². The van der Waals surface area contributed by atoms with Crippen molar-refractivity contribution in [3.63, 3.8) is 0 Å². The van der Waals surface area contributed by atoms with Gasteiger partial charge in [-0.25, -0.2) is 13.7 Å². The number of benzene rings is 2. The van der Waals surface area contributed by atoms with Crippen LogP contribution in [0.4, 0.5) is 5.69 Å². The average Bonchev–Trinajstić information content (AvgIpc) is 3.26. The molecule has 4 nitrogen and oxygen atoms in total. The molecule has 0 saturated carbocycles. The van der Waals surface area contributed by atoms with E-state index in [0.29, 0.717) is 5.92 Å². The number of aryl methyl sites for hydroxylation is 1. The molecule has 0 fully saturated rings. The highest BCUT2D eigenvalue weighted by atomic mass is 15.0. The quantitative estimate of drug-likeness (QED) is 0.295. The molecule has 3 aromatic rings. The monoisotopic (exact) mass is 415 g/mol. The largest absolute Gasteiger partial charge is 0.347 e. The zero-order valence-electron chi connectivity index (χ0n) is 19.3. The molecule has 0 N–H and O–H groups in total. The zero-order chi connectivity index (χ0) is 21.8. The Morgan fingerprint density at radius 1 is 0.903 bits per heavy atom. The lowest BCUT2D eigenvalue weighted by Gasteiger charge is -2.05. The summed E-state index contributed by atoms with van der Waals surface area (Å²) < 4.78 is 9.15. The molecule has 1 atom stereocenters. The second-order valence-corrected chi connectivity index (χ2v) is 8.99. The van der Waals surface area contributed by atoms with Crippen LogP contribution >= 0.6 is 0 Å². The normalized spacial score (nSPS) is 15.0.